The van der Waals surface area contributed by atoms with Crippen LogP contribution < -0.4 is 10.6 Å². The van der Waals surface area contributed by atoms with E-state index in [-0.39, 0.29) is 39.8 Å². The van der Waals surface area contributed by atoms with Gasteiger partial charge in [0.15, 0.2) is 6.04 Å². The number of nitrogens with one attached hydrogen (secondary N) is 2. The molecule has 0 spiro atoms. The molecule has 0 bridgehead atoms. The van der Waals surface area contributed by atoms with Crippen LogP contribution in [0.15, 0.2) is 17.3 Å². The number of hydrogen-bond donors (Lipinski definition) is 3. The highest BCUT2D eigenvalue weighted by molar-refractivity contribution is 7.81. The Balaban J connectivity index is 1.95. The van der Waals surface area contributed by atoms with Gasteiger partial charge < -0.3 is 20.6 Å². The molecule has 0 aromatic carbocycles. The van der Waals surface area contributed by atoms with Crippen LogP contribution in [-0.4, -0.2) is 73.7 Å². The molecule has 204 valence electrons. The lowest BCUT2D eigenvalue weighted by atomic mass is 9.78. The van der Waals surface area contributed by atoms with Gasteiger partial charge in [-0.15, -0.1) is 0 Å². The Bertz CT molecular complexity index is 1070. The molecule has 2 aliphatic rings. The Labute approximate surface area is 222 Å². The number of halogens is 2. The fourth-order valence-corrected chi connectivity index (χ4v) is 4.86. The molecule has 2 fully saturated rings. The Morgan fingerprint density at radius 2 is 2.03 bits per heavy atom. The van der Waals surface area contributed by atoms with Crippen LogP contribution in [0.4, 0.5) is 14.6 Å². The predicted octanol–water partition coefficient (Wildman–Crippen LogP) is 3.82. The Morgan fingerprint density at radius 3 is 2.54 bits per heavy atom. The topological polar surface area (TPSA) is 107 Å². The van der Waals surface area contributed by atoms with E-state index < -0.39 is 29.9 Å². The zero-order valence-corrected chi connectivity index (χ0v) is 22.9. The molecule has 1 aliphatic carbocycles. The number of aromatic nitrogens is 1. The van der Waals surface area contributed by atoms with Crippen molar-refractivity contribution in [2.45, 2.75) is 96.4 Å². The first-order valence-electron chi connectivity index (χ1n) is 12.7. The zero-order chi connectivity index (χ0) is 27.5. The molecule has 8 nitrogen and oxygen atoms in total. The molecular formula is C26H37F2N5O3S. The summed E-state index contributed by atoms with van der Waals surface area (Å²) in [5, 5.41) is 15.7. The summed E-state index contributed by atoms with van der Waals surface area (Å²) in [7, 11) is 0. The van der Waals surface area contributed by atoms with E-state index in [1.165, 1.54) is 19.2 Å². The van der Waals surface area contributed by atoms with Crippen LogP contribution in [0.25, 0.3) is 0 Å². The van der Waals surface area contributed by atoms with Crippen molar-refractivity contribution in [1.29, 1.82) is 0 Å². The monoisotopic (exact) mass is 537 g/mol. The number of alkyl halides is 2. The van der Waals surface area contributed by atoms with Gasteiger partial charge in [0.05, 0.1) is 16.2 Å². The summed E-state index contributed by atoms with van der Waals surface area (Å²) in [5.41, 5.74) is -1.74. The van der Waals surface area contributed by atoms with Gasteiger partial charge in [0.1, 0.15) is 5.82 Å². The Kier molecular flexibility index (Phi) is 9.00. The lowest BCUT2D eigenvalue weighted by molar-refractivity contribution is -0.131. The zero-order valence-electron chi connectivity index (χ0n) is 22.1. The molecule has 1 aromatic rings. The van der Waals surface area contributed by atoms with E-state index in [1.807, 2.05) is 13.8 Å². The van der Waals surface area contributed by atoms with Crippen molar-refractivity contribution in [3.8, 4) is 0 Å². The molecule has 1 saturated carbocycles. The second kappa shape index (κ2) is 11.5. The summed E-state index contributed by atoms with van der Waals surface area (Å²) in [6, 6.07) is -0.117. The number of carbonyl (C=O) groups excluding carboxylic acids is 2. The third kappa shape index (κ3) is 7.28. The molecule has 11 heteroatoms. The van der Waals surface area contributed by atoms with Crippen LogP contribution in [0, 0.1) is 0 Å². The maximum absolute atomic E-state index is 14.2. The van der Waals surface area contributed by atoms with Gasteiger partial charge in [-0.05, 0) is 72.8 Å². The SMILES string of the molecule is CC(=NC(C(=O)N1CCC[C@@H]1C)C(=S)c1cnc(NC2(C)CCC2)cc1C(F)F)C(=O)NCC(C)(C)O. The van der Waals surface area contributed by atoms with Crippen LogP contribution in [0.5, 0.6) is 0 Å². The second-order valence-electron chi connectivity index (χ2n) is 11.0. The predicted molar refractivity (Wildman–Crippen MR) is 143 cm³/mol. The van der Waals surface area contributed by atoms with Gasteiger partial charge in [-0.25, -0.2) is 13.8 Å². The molecule has 1 aromatic heterocycles. The van der Waals surface area contributed by atoms with Crippen molar-refractivity contribution in [3.63, 3.8) is 0 Å². The summed E-state index contributed by atoms with van der Waals surface area (Å²) < 4.78 is 28.4. The molecule has 2 heterocycles. The first-order chi connectivity index (χ1) is 17.2. The van der Waals surface area contributed by atoms with E-state index in [0.29, 0.717) is 12.4 Å². The molecule has 2 atom stereocenters. The number of aliphatic imine (C=N–C) groups is 1. The molecule has 1 aliphatic heterocycles. The molecule has 0 radical (unpaired) electrons. The van der Waals surface area contributed by atoms with Crippen LogP contribution >= 0.6 is 12.2 Å². The fraction of sp³-hybridized carbons (Fsp3) is 0.654. The van der Waals surface area contributed by atoms with E-state index in [9.17, 15) is 23.5 Å². The highest BCUT2D eigenvalue weighted by atomic mass is 32.1. The molecule has 3 N–H and O–H groups in total. The van der Waals surface area contributed by atoms with Gasteiger partial charge in [0.2, 0.25) is 0 Å². The largest absolute Gasteiger partial charge is 0.389 e. The van der Waals surface area contributed by atoms with Gasteiger partial charge >= 0.3 is 0 Å². The standard InChI is InChI=1S/C26H37F2N5O3S/c1-15-8-6-11-33(15)24(35)20(31-16(2)23(34)30-14-25(3,4)36)21(37)18-13-29-19(12-17(18)22(27)28)32-26(5)9-7-10-26/h12-13,15,20,22,36H,6-11,14H2,1-5H3,(H,29,32)(H,30,34)/t15-,20?/m0/s1. The van der Waals surface area contributed by atoms with Gasteiger partial charge in [0.25, 0.3) is 18.2 Å². The average Bonchev–Trinajstić information content (AvgIpc) is 3.24. The third-order valence-corrected chi connectivity index (χ3v) is 7.42. The lowest BCUT2D eigenvalue weighted by Crippen LogP contribution is -2.45. The maximum atomic E-state index is 14.2. The normalized spacial score (nSPS) is 20.4. The van der Waals surface area contributed by atoms with Gasteiger partial charge in [0, 0.05) is 42.0 Å². The van der Waals surface area contributed by atoms with E-state index in [4.69, 9.17) is 12.2 Å². The average molecular weight is 538 g/mol. The van der Waals surface area contributed by atoms with Crippen LogP contribution in [0.1, 0.15) is 84.3 Å². The maximum Gasteiger partial charge on any atom is 0.265 e. The number of anilines is 1. The number of thiocarbonyl (C=S) groups is 1. The number of pyridine rings is 1. The summed E-state index contributed by atoms with van der Waals surface area (Å²) in [5.74, 6) is -0.697. The third-order valence-electron chi connectivity index (χ3n) is 6.97. The summed E-state index contributed by atoms with van der Waals surface area (Å²) >= 11 is 5.59. The minimum Gasteiger partial charge on any atom is -0.389 e. The minimum atomic E-state index is -2.85. The van der Waals surface area contributed by atoms with Crippen LogP contribution in [0.3, 0.4) is 0 Å². The van der Waals surface area contributed by atoms with Crippen molar-refractivity contribution in [3.05, 3.63) is 23.4 Å². The van der Waals surface area contributed by atoms with Crippen LogP contribution in [0.2, 0.25) is 0 Å². The van der Waals surface area contributed by atoms with Gasteiger partial charge in [-0.1, -0.05) is 12.2 Å². The molecular weight excluding hydrogens is 500 g/mol. The molecule has 37 heavy (non-hydrogen) atoms. The van der Waals surface area contributed by atoms with E-state index in [0.717, 1.165) is 32.1 Å². The summed E-state index contributed by atoms with van der Waals surface area (Å²) in [6.07, 6.45) is 2.94. The number of hydrogen-bond acceptors (Lipinski definition) is 7. The number of carbonyl (C=O) groups is 2. The molecule has 1 saturated heterocycles. The number of likely N-dealkylation sites (tertiary alicyclic amines) is 1. The van der Waals surface area contributed by atoms with E-state index in [2.05, 4.69) is 20.6 Å². The summed E-state index contributed by atoms with van der Waals surface area (Å²) in [4.78, 5) is 36.4. The van der Waals surface area contributed by atoms with Crippen molar-refractivity contribution in [2.75, 3.05) is 18.4 Å². The quantitative estimate of drug-likeness (QED) is 0.238. The second-order valence-corrected chi connectivity index (χ2v) is 11.4. The van der Waals surface area contributed by atoms with Gasteiger partial charge in [-0.2, -0.15) is 0 Å². The van der Waals surface area contributed by atoms with Crippen molar-refractivity contribution >= 4 is 40.4 Å². The summed E-state index contributed by atoms with van der Waals surface area (Å²) in [6.45, 7) is 8.90. The van der Waals surface area contributed by atoms with Crippen molar-refractivity contribution in [2.24, 2.45) is 4.99 Å². The first-order valence-corrected chi connectivity index (χ1v) is 13.1. The smallest absolute Gasteiger partial charge is 0.265 e. The number of amides is 2. The Morgan fingerprint density at radius 1 is 1.35 bits per heavy atom. The highest BCUT2D eigenvalue weighted by Gasteiger charge is 2.36. The minimum absolute atomic E-state index is 0.0300. The highest BCUT2D eigenvalue weighted by Crippen LogP contribution is 2.35. The number of rotatable bonds is 10. The number of nitrogens with zero attached hydrogens (tertiary/aromatic N) is 3. The molecule has 2 amide bonds. The van der Waals surface area contributed by atoms with Crippen LogP contribution in [-0.2, 0) is 9.59 Å². The number of aliphatic hydroxyl groups is 1. The van der Waals surface area contributed by atoms with Crippen molar-refractivity contribution in [1.82, 2.24) is 15.2 Å². The molecule has 1 unspecified atom stereocenters. The Hall–Kier alpha value is -2.53. The van der Waals surface area contributed by atoms with E-state index >= 15 is 0 Å². The molecule has 3 rings (SSSR count). The first kappa shape index (κ1) is 29.0. The van der Waals surface area contributed by atoms with E-state index in [1.54, 1.807) is 18.7 Å². The van der Waals surface area contributed by atoms with Crippen molar-refractivity contribution < 1.29 is 23.5 Å². The van der Waals surface area contributed by atoms with Gasteiger partial charge in [-0.3, -0.25) is 14.6 Å². The fourth-order valence-electron chi connectivity index (χ4n) is 4.53. The lowest BCUT2D eigenvalue weighted by Gasteiger charge is -2.39.